The highest BCUT2D eigenvalue weighted by atomic mass is 19.4. The number of nitrogens with one attached hydrogen (secondary N) is 1. The second-order valence-corrected chi connectivity index (χ2v) is 6.63. The summed E-state index contributed by atoms with van der Waals surface area (Å²) in [6.07, 6.45) is -2.23. The molecule has 26 heavy (non-hydrogen) atoms. The van der Waals surface area contributed by atoms with Gasteiger partial charge >= 0.3 is 6.18 Å². The molecule has 2 aromatic rings. The maximum atomic E-state index is 12.8. The summed E-state index contributed by atoms with van der Waals surface area (Å²) >= 11 is 0. The third-order valence-electron chi connectivity index (χ3n) is 4.65. The molecule has 2 N–H and O–H groups in total. The first-order valence-corrected chi connectivity index (χ1v) is 8.57. The van der Waals surface area contributed by atoms with E-state index in [2.05, 4.69) is 5.32 Å². The van der Waals surface area contributed by atoms with Gasteiger partial charge in [-0.2, -0.15) is 13.2 Å². The molecule has 2 aromatic carbocycles. The molecule has 0 bridgehead atoms. The Labute approximate surface area is 149 Å². The predicted octanol–water partition coefficient (Wildman–Crippen LogP) is 4.26. The maximum absolute atomic E-state index is 12.8. The number of hydrogen-bond donors (Lipinski definition) is 2. The number of carbonyl (C=O) groups excluding carboxylic acids is 1. The molecule has 0 heterocycles. The van der Waals surface area contributed by atoms with E-state index in [1.54, 1.807) is 18.2 Å². The monoisotopic (exact) mass is 363 g/mol. The molecule has 1 saturated carbocycles. The molecule has 2 unspecified atom stereocenters. The van der Waals surface area contributed by atoms with Gasteiger partial charge in [-0.25, -0.2) is 0 Å². The first-order chi connectivity index (χ1) is 12.3. The Balaban J connectivity index is 1.45. The minimum absolute atomic E-state index is 0.0990. The van der Waals surface area contributed by atoms with E-state index in [-0.39, 0.29) is 23.5 Å². The molecule has 6 heteroatoms. The van der Waals surface area contributed by atoms with Crippen molar-refractivity contribution in [2.45, 2.75) is 31.4 Å². The molecule has 1 aliphatic carbocycles. The number of hydrogen-bond acceptors (Lipinski definition) is 2. The molecule has 1 fully saturated rings. The molecular weight excluding hydrogens is 343 g/mol. The molecule has 0 aliphatic heterocycles. The van der Waals surface area contributed by atoms with Crippen LogP contribution in [-0.4, -0.2) is 17.6 Å². The highest BCUT2D eigenvalue weighted by Crippen LogP contribution is 2.48. The van der Waals surface area contributed by atoms with Crippen LogP contribution in [-0.2, 0) is 17.4 Å². The smallest absolute Gasteiger partial charge is 0.416 e. The molecule has 0 spiro atoms. The number of alkyl halides is 3. The number of carbonyl (C=O) groups is 1. The summed E-state index contributed by atoms with van der Waals surface area (Å²) in [4.78, 5) is 12.2. The quantitative estimate of drug-likeness (QED) is 0.754. The number of halogens is 3. The first kappa shape index (κ1) is 18.3. The molecule has 3 rings (SSSR count). The topological polar surface area (TPSA) is 49.3 Å². The van der Waals surface area contributed by atoms with Crippen LogP contribution in [0.15, 0.2) is 48.5 Å². The van der Waals surface area contributed by atoms with Crippen molar-refractivity contribution in [3.8, 4) is 5.75 Å². The Morgan fingerprint density at radius 3 is 2.58 bits per heavy atom. The van der Waals surface area contributed by atoms with Crippen LogP contribution in [0.3, 0.4) is 0 Å². The van der Waals surface area contributed by atoms with Gasteiger partial charge < -0.3 is 10.4 Å². The van der Waals surface area contributed by atoms with Crippen LogP contribution in [0.25, 0.3) is 0 Å². The largest absolute Gasteiger partial charge is 0.508 e. The Kier molecular flexibility index (Phi) is 5.20. The average molecular weight is 363 g/mol. The second-order valence-electron chi connectivity index (χ2n) is 6.63. The lowest BCUT2D eigenvalue weighted by atomic mass is 10.1. The van der Waals surface area contributed by atoms with Crippen LogP contribution in [0.4, 0.5) is 13.2 Å². The summed E-state index contributed by atoms with van der Waals surface area (Å²) in [6, 6.07) is 12.1. The molecule has 0 radical (unpaired) electrons. The van der Waals surface area contributed by atoms with E-state index in [0.717, 1.165) is 30.5 Å². The Morgan fingerprint density at radius 2 is 1.88 bits per heavy atom. The van der Waals surface area contributed by atoms with Crippen LogP contribution in [0.5, 0.6) is 5.75 Å². The fraction of sp³-hybridized carbons (Fsp3) is 0.350. The number of aromatic hydroxyl groups is 1. The molecule has 1 aliphatic rings. The number of benzene rings is 2. The van der Waals surface area contributed by atoms with Gasteiger partial charge in [0.05, 0.1) is 5.56 Å². The average Bonchev–Trinajstić information content (AvgIpc) is 3.40. The number of phenolic OH excluding ortho intramolecular Hbond substituents is 1. The van der Waals surface area contributed by atoms with Crippen molar-refractivity contribution in [3.05, 3.63) is 65.2 Å². The van der Waals surface area contributed by atoms with Gasteiger partial charge in [-0.3, -0.25) is 4.79 Å². The fourth-order valence-corrected chi connectivity index (χ4v) is 3.10. The van der Waals surface area contributed by atoms with Gasteiger partial charge in [-0.1, -0.05) is 30.3 Å². The van der Waals surface area contributed by atoms with Crippen molar-refractivity contribution < 1.29 is 23.1 Å². The van der Waals surface area contributed by atoms with Crippen molar-refractivity contribution in [3.63, 3.8) is 0 Å². The summed E-state index contributed by atoms with van der Waals surface area (Å²) in [6.45, 7) is 0.519. The van der Waals surface area contributed by atoms with E-state index in [9.17, 15) is 23.1 Å². The van der Waals surface area contributed by atoms with E-state index < -0.39 is 11.7 Å². The summed E-state index contributed by atoms with van der Waals surface area (Å²) in [5, 5.41) is 12.1. The maximum Gasteiger partial charge on any atom is 0.416 e. The first-order valence-electron chi connectivity index (χ1n) is 8.57. The minimum atomic E-state index is -4.36. The molecule has 138 valence electrons. The van der Waals surface area contributed by atoms with E-state index in [1.807, 2.05) is 12.1 Å². The summed E-state index contributed by atoms with van der Waals surface area (Å²) in [5.74, 6) is -0.254. The molecule has 3 nitrogen and oxygen atoms in total. The van der Waals surface area contributed by atoms with Crippen LogP contribution in [0.1, 0.15) is 35.4 Å². The summed E-state index contributed by atoms with van der Waals surface area (Å²) in [7, 11) is 0. The van der Waals surface area contributed by atoms with Gasteiger partial charge in [0.25, 0.3) is 0 Å². The third kappa shape index (κ3) is 4.56. The minimum Gasteiger partial charge on any atom is -0.508 e. The van der Waals surface area contributed by atoms with Crippen LogP contribution >= 0.6 is 0 Å². The molecule has 0 aromatic heterocycles. The van der Waals surface area contributed by atoms with Crippen molar-refractivity contribution in [1.29, 1.82) is 0 Å². The van der Waals surface area contributed by atoms with Crippen molar-refractivity contribution in [2.24, 2.45) is 5.92 Å². The van der Waals surface area contributed by atoms with E-state index in [1.165, 1.54) is 6.07 Å². The van der Waals surface area contributed by atoms with Crippen LogP contribution < -0.4 is 5.32 Å². The summed E-state index contributed by atoms with van der Waals surface area (Å²) in [5.41, 5.74) is 0.976. The Bertz CT molecular complexity index is 771. The van der Waals surface area contributed by atoms with Gasteiger partial charge in [0.2, 0.25) is 5.91 Å². The van der Waals surface area contributed by atoms with Crippen molar-refractivity contribution in [1.82, 2.24) is 5.32 Å². The molecular formula is C20H20F3NO2. The zero-order chi connectivity index (χ0) is 18.7. The lowest BCUT2D eigenvalue weighted by Gasteiger charge is -2.09. The SMILES string of the molecule is O=C(NCCCc1ccc(O)cc1)C1CC1c1cccc(C(F)(F)F)c1. The van der Waals surface area contributed by atoms with Gasteiger partial charge in [0.15, 0.2) is 0 Å². The standard InChI is InChI=1S/C20H20F3NO2/c21-20(22,23)15-5-1-4-14(11-15)17-12-18(17)19(26)24-10-2-3-13-6-8-16(25)9-7-13/h1,4-9,11,17-18,25H,2-3,10,12H2,(H,24,26). The third-order valence-corrected chi connectivity index (χ3v) is 4.65. The molecule has 0 saturated heterocycles. The summed E-state index contributed by atoms with van der Waals surface area (Å²) < 4.78 is 38.3. The Hall–Kier alpha value is -2.50. The predicted molar refractivity (Wildman–Crippen MR) is 91.7 cm³/mol. The molecule has 1 amide bonds. The normalized spacial score (nSPS) is 19.2. The number of rotatable bonds is 6. The van der Waals surface area contributed by atoms with Crippen molar-refractivity contribution in [2.75, 3.05) is 6.54 Å². The second kappa shape index (κ2) is 7.40. The van der Waals surface area contributed by atoms with Gasteiger partial charge in [-0.05, 0) is 54.5 Å². The number of aryl methyl sites for hydroxylation is 1. The lowest BCUT2D eigenvalue weighted by Crippen LogP contribution is -2.26. The van der Waals surface area contributed by atoms with E-state index in [0.29, 0.717) is 18.5 Å². The number of phenols is 1. The zero-order valence-electron chi connectivity index (χ0n) is 14.1. The fourth-order valence-electron chi connectivity index (χ4n) is 3.10. The molecule has 2 atom stereocenters. The van der Waals surface area contributed by atoms with Crippen molar-refractivity contribution >= 4 is 5.91 Å². The Morgan fingerprint density at radius 1 is 1.15 bits per heavy atom. The van der Waals surface area contributed by atoms with Crippen LogP contribution in [0.2, 0.25) is 0 Å². The highest BCUT2D eigenvalue weighted by molar-refractivity contribution is 5.82. The van der Waals surface area contributed by atoms with Gasteiger partial charge in [0.1, 0.15) is 5.75 Å². The lowest BCUT2D eigenvalue weighted by molar-refractivity contribution is -0.137. The highest BCUT2D eigenvalue weighted by Gasteiger charge is 2.44. The zero-order valence-corrected chi connectivity index (χ0v) is 14.1. The van der Waals surface area contributed by atoms with E-state index >= 15 is 0 Å². The van der Waals surface area contributed by atoms with E-state index in [4.69, 9.17) is 0 Å². The van der Waals surface area contributed by atoms with Crippen LogP contribution in [0, 0.1) is 5.92 Å². The number of amides is 1. The van der Waals surface area contributed by atoms with Gasteiger partial charge in [0, 0.05) is 12.5 Å². The van der Waals surface area contributed by atoms with Gasteiger partial charge in [-0.15, -0.1) is 0 Å².